The molecular weight excluding hydrogens is 278 g/mol. The van der Waals surface area contributed by atoms with Crippen LogP contribution in [0.4, 0.5) is 11.4 Å². The SMILES string of the molecule is Cl.NC(=O)[C@H](CC(=O)O)Nc1ccc([N+](=O)[O-])cc1. The van der Waals surface area contributed by atoms with E-state index >= 15 is 0 Å². The molecule has 0 saturated carbocycles. The van der Waals surface area contributed by atoms with Crippen molar-refractivity contribution < 1.29 is 19.6 Å². The third-order valence-corrected chi connectivity index (χ3v) is 2.14. The van der Waals surface area contributed by atoms with Crippen LogP contribution in [0.2, 0.25) is 0 Å². The Morgan fingerprint density at radius 3 is 2.26 bits per heavy atom. The Bertz CT molecular complexity index is 477. The Labute approximate surface area is 114 Å². The van der Waals surface area contributed by atoms with Crippen LogP contribution in [0, 0.1) is 10.1 Å². The van der Waals surface area contributed by atoms with E-state index in [-0.39, 0.29) is 18.1 Å². The van der Waals surface area contributed by atoms with Crippen LogP contribution >= 0.6 is 12.4 Å². The van der Waals surface area contributed by atoms with Gasteiger partial charge in [0.1, 0.15) is 6.04 Å². The average Bonchev–Trinajstić information content (AvgIpc) is 2.28. The van der Waals surface area contributed by atoms with Gasteiger partial charge in [-0.1, -0.05) is 0 Å². The van der Waals surface area contributed by atoms with Crippen LogP contribution in [0.5, 0.6) is 0 Å². The molecule has 1 aromatic carbocycles. The zero-order chi connectivity index (χ0) is 13.7. The lowest BCUT2D eigenvalue weighted by Crippen LogP contribution is -2.37. The fraction of sp³-hybridized carbons (Fsp3) is 0.200. The van der Waals surface area contributed by atoms with E-state index in [1.165, 1.54) is 24.3 Å². The first-order valence-electron chi connectivity index (χ1n) is 4.92. The molecule has 0 saturated heterocycles. The van der Waals surface area contributed by atoms with Gasteiger partial charge in [0.25, 0.3) is 5.69 Å². The number of hydrogen-bond donors (Lipinski definition) is 3. The summed E-state index contributed by atoms with van der Waals surface area (Å²) in [5.74, 6) is -1.98. The molecule has 0 heterocycles. The minimum absolute atomic E-state index is 0. The Morgan fingerprint density at radius 2 is 1.89 bits per heavy atom. The molecule has 0 bridgehead atoms. The second-order valence-electron chi connectivity index (χ2n) is 3.50. The second kappa shape index (κ2) is 7.17. The van der Waals surface area contributed by atoms with Crippen molar-refractivity contribution in [1.82, 2.24) is 0 Å². The van der Waals surface area contributed by atoms with Gasteiger partial charge in [-0.2, -0.15) is 0 Å². The van der Waals surface area contributed by atoms with Gasteiger partial charge < -0.3 is 16.2 Å². The fourth-order valence-corrected chi connectivity index (χ4v) is 1.28. The maximum absolute atomic E-state index is 11.0. The molecule has 0 aliphatic rings. The fourth-order valence-electron chi connectivity index (χ4n) is 1.28. The predicted octanol–water partition coefficient (Wildman–Crippen LogP) is 0.757. The summed E-state index contributed by atoms with van der Waals surface area (Å²) in [6.07, 6.45) is -0.466. The molecular formula is C10H12ClN3O5. The molecule has 4 N–H and O–H groups in total. The molecule has 0 aliphatic heterocycles. The van der Waals surface area contributed by atoms with Crippen LogP contribution in [-0.2, 0) is 9.59 Å². The lowest BCUT2D eigenvalue weighted by atomic mass is 10.2. The summed E-state index contributed by atoms with van der Waals surface area (Å²) in [4.78, 5) is 31.4. The van der Waals surface area contributed by atoms with Gasteiger partial charge in [-0.25, -0.2) is 0 Å². The van der Waals surface area contributed by atoms with Crippen molar-refractivity contribution in [3.63, 3.8) is 0 Å². The van der Waals surface area contributed by atoms with Crippen LogP contribution < -0.4 is 11.1 Å². The van der Waals surface area contributed by atoms with Gasteiger partial charge in [0, 0.05) is 17.8 Å². The molecule has 0 aliphatic carbocycles. The van der Waals surface area contributed by atoms with Gasteiger partial charge in [-0.3, -0.25) is 19.7 Å². The first-order valence-corrected chi connectivity index (χ1v) is 4.92. The molecule has 0 radical (unpaired) electrons. The van der Waals surface area contributed by atoms with Crippen molar-refractivity contribution in [2.75, 3.05) is 5.32 Å². The van der Waals surface area contributed by atoms with E-state index in [2.05, 4.69) is 5.32 Å². The molecule has 1 rings (SSSR count). The van der Waals surface area contributed by atoms with Crippen LogP contribution in [0.25, 0.3) is 0 Å². The number of carboxylic acid groups (broad SMARTS) is 1. The molecule has 104 valence electrons. The minimum atomic E-state index is -1.17. The number of nitrogens with two attached hydrogens (primary N) is 1. The number of carbonyl (C=O) groups excluding carboxylic acids is 1. The number of nitro benzene ring substituents is 1. The monoisotopic (exact) mass is 289 g/mol. The van der Waals surface area contributed by atoms with Gasteiger partial charge in [0.2, 0.25) is 5.91 Å². The largest absolute Gasteiger partial charge is 0.481 e. The van der Waals surface area contributed by atoms with E-state index in [1.54, 1.807) is 0 Å². The van der Waals surface area contributed by atoms with Gasteiger partial charge in [-0.05, 0) is 12.1 Å². The maximum atomic E-state index is 11.0. The van der Waals surface area contributed by atoms with Gasteiger partial charge >= 0.3 is 5.97 Å². The van der Waals surface area contributed by atoms with E-state index in [0.717, 1.165) is 0 Å². The first kappa shape index (κ1) is 16.6. The predicted molar refractivity (Wildman–Crippen MR) is 69.2 cm³/mol. The van der Waals surface area contributed by atoms with Gasteiger partial charge in [0.05, 0.1) is 11.3 Å². The van der Waals surface area contributed by atoms with Crippen LogP contribution in [0.1, 0.15) is 6.42 Å². The quantitative estimate of drug-likeness (QED) is 0.522. The lowest BCUT2D eigenvalue weighted by molar-refractivity contribution is -0.384. The highest BCUT2D eigenvalue weighted by Crippen LogP contribution is 2.16. The summed E-state index contributed by atoms with van der Waals surface area (Å²) >= 11 is 0. The van der Waals surface area contributed by atoms with Crippen LogP contribution in [0.15, 0.2) is 24.3 Å². The van der Waals surface area contributed by atoms with Crippen molar-refractivity contribution in [3.05, 3.63) is 34.4 Å². The Kier molecular flexibility index (Phi) is 6.28. The molecule has 1 amide bonds. The number of anilines is 1. The van der Waals surface area contributed by atoms with E-state index in [1.807, 2.05) is 0 Å². The van der Waals surface area contributed by atoms with Gasteiger partial charge in [-0.15, -0.1) is 12.4 Å². The van der Waals surface area contributed by atoms with E-state index in [4.69, 9.17) is 10.8 Å². The summed E-state index contributed by atoms with van der Waals surface area (Å²) in [5, 5.41) is 21.6. The first-order chi connectivity index (χ1) is 8.40. The highest BCUT2D eigenvalue weighted by molar-refractivity contribution is 5.87. The number of halogens is 1. The van der Waals surface area contributed by atoms with Crippen molar-refractivity contribution in [2.24, 2.45) is 5.73 Å². The summed E-state index contributed by atoms with van der Waals surface area (Å²) in [6, 6.07) is 4.15. The number of hydrogen-bond acceptors (Lipinski definition) is 5. The number of aliphatic carboxylic acids is 1. The molecule has 8 nitrogen and oxygen atoms in total. The number of amides is 1. The standard InChI is InChI=1S/C10H11N3O5.ClH/c11-10(16)8(5-9(14)15)12-6-1-3-7(4-2-6)13(17)18;/h1-4,8,12H,5H2,(H2,11,16)(H,14,15);1H/t8-;/m0./s1. The van der Waals surface area contributed by atoms with E-state index in [0.29, 0.717) is 5.69 Å². The molecule has 9 heteroatoms. The molecule has 0 unspecified atom stereocenters. The number of nitrogens with zero attached hydrogens (tertiary/aromatic N) is 1. The van der Waals surface area contributed by atoms with Crippen molar-refractivity contribution in [1.29, 1.82) is 0 Å². The Hall–Kier alpha value is -2.35. The summed E-state index contributed by atoms with van der Waals surface area (Å²) < 4.78 is 0. The topological polar surface area (TPSA) is 136 Å². The van der Waals surface area contributed by atoms with Crippen molar-refractivity contribution in [2.45, 2.75) is 12.5 Å². The number of nitrogens with one attached hydrogen (secondary N) is 1. The number of non-ortho nitro benzene ring substituents is 1. The smallest absolute Gasteiger partial charge is 0.305 e. The average molecular weight is 290 g/mol. The molecule has 0 fully saturated rings. The number of primary amides is 1. The molecule has 19 heavy (non-hydrogen) atoms. The highest BCUT2D eigenvalue weighted by Gasteiger charge is 2.19. The summed E-state index contributed by atoms with van der Waals surface area (Å²) in [5.41, 5.74) is 5.32. The molecule has 0 spiro atoms. The Balaban J connectivity index is 0.00000324. The van der Waals surface area contributed by atoms with Crippen molar-refractivity contribution >= 4 is 35.7 Å². The number of carbonyl (C=O) groups is 2. The minimum Gasteiger partial charge on any atom is -0.481 e. The van der Waals surface area contributed by atoms with Crippen LogP contribution in [-0.4, -0.2) is 27.9 Å². The number of benzene rings is 1. The van der Waals surface area contributed by atoms with Gasteiger partial charge in [0.15, 0.2) is 0 Å². The lowest BCUT2D eigenvalue weighted by Gasteiger charge is -2.14. The third kappa shape index (κ3) is 5.21. The zero-order valence-corrected chi connectivity index (χ0v) is 10.4. The number of carboxylic acids is 1. The normalized spacial score (nSPS) is 10.9. The molecule has 1 aromatic rings. The number of nitro groups is 1. The Morgan fingerprint density at radius 1 is 1.37 bits per heavy atom. The summed E-state index contributed by atoms with van der Waals surface area (Å²) in [7, 11) is 0. The van der Waals surface area contributed by atoms with Crippen molar-refractivity contribution in [3.8, 4) is 0 Å². The third-order valence-electron chi connectivity index (χ3n) is 2.14. The zero-order valence-electron chi connectivity index (χ0n) is 9.61. The molecule has 1 atom stereocenters. The van der Waals surface area contributed by atoms with E-state index in [9.17, 15) is 19.7 Å². The second-order valence-corrected chi connectivity index (χ2v) is 3.50. The number of rotatable bonds is 6. The summed E-state index contributed by atoms with van der Waals surface area (Å²) in [6.45, 7) is 0. The van der Waals surface area contributed by atoms with Crippen LogP contribution in [0.3, 0.4) is 0 Å². The molecule has 0 aromatic heterocycles. The maximum Gasteiger partial charge on any atom is 0.305 e. The highest BCUT2D eigenvalue weighted by atomic mass is 35.5. The van der Waals surface area contributed by atoms with E-state index < -0.39 is 29.3 Å².